The van der Waals surface area contributed by atoms with Crippen LogP contribution in [0.3, 0.4) is 0 Å². The van der Waals surface area contributed by atoms with Gasteiger partial charge in [-0.05, 0) is 46.0 Å². The third kappa shape index (κ3) is 11.6. The summed E-state index contributed by atoms with van der Waals surface area (Å²) in [6.07, 6.45) is 15.1. The predicted octanol–water partition coefficient (Wildman–Crippen LogP) is 10.7. The molecule has 0 N–H and O–H groups in total. The van der Waals surface area contributed by atoms with Crippen LogP contribution in [0.4, 0.5) is 22.0 Å². The zero-order chi connectivity index (χ0) is 30.0. The predicted molar refractivity (Wildman–Crippen MR) is 151 cm³/mol. The van der Waals surface area contributed by atoms with Gasteiger partial charge < -0.3 is 14.2 Å². The molecule has 1 aromatic rings. The Bertz CT molecular complexity index is 774. The molecule has 0 aliphatic rings. The largest absolute Gasteiger partial charge is 0.328 e. The highest BCUT2D eigenvalue weighted by Crippen LogP contribution is 2.35. The Labute approximate surface area is 239 Å². The van der Waals surface area contributed by atoms with Gasteiger partial charge in [0.2, 0.25) is 5.82 Å². The molecule has 1 rings (SSSR count). The van der Waals surface area contributed by atoms with Crippen molar-refractivity contribution in [2.45, 2.75) is 143 Å². The Kier molecular flexibility index (Phi) is 18.9. The van der Waals surface area contributed by atoms with Gasteiger partial charge in [0.15, 0.2) is 23.3 Å². The summed E-state index contributed by atoms with van der Waals surface area (Å²) in [5.74, 6) is -10.9. The van der Waals surface area contributed by atoms with E-state index in [1.54, 1.807) is 0 Å². The lowest BCUT2D eigenvalue weighted by molar-refractivity contribution is -0.403. The second-order valence-corrected chi connectivity index (χ2v) is 10.7. The zero-order valence-electron chi connectivity index (χ0n) is 25.5. The lowest BCUT2D eigenvalue weighted by atomic mass is 9.91. The Balaban J connectivity index is 2.55. The summed E-state index contributed by atoms with van der Waals surface area (Å²) >= 11 is 0. The summed E-state index contributed by atoms with van der Waals surface area (Å²) in [4.78, 5) is 0. The van der Waals surface area contributed by atoms with Crippen molar-refractivity contribution in [2.24, 2.45) is 5.92 Å². The average Bonchev–Trinajstić information content (AvgIpc) is 2.93. The molecule has 234 valence electrons. The smallest absolute Gasteiger partial charge is 0.285 e. The van der Waals surface area contributed by atoms with Gasteiger partial charge in [0.25, 0.3) is 5.97 Å². The first-order valence-corrected chi connectivity index (χ1v) is 15.6. The third-order valence-corrected chi connectivity index (χ3v) is 7.62. The van der Waals surface area contributed by atoms with E-state index in [1.165, 1.54) is 39.0 Å². The lowest BCUT2D eigenvalue weighted by Gasteiger charge is -2.39. The summed E-state index contributed by atoms with van der Waals surface area (Å²) in [7, 11) is 0. The minimum absolute atomic E-state index is 0.140. The summed E-state index contributed by atoms with van der Waals surface area (Å²) in [5.41, 5.74) is -0.714. The molecular formula is C32H53F5O3. The maximum Gasteiger partial charge on any atom is 0.285 e. The van der Waals surface area contributed by atoms with E-state index < -0.39 is 46.5 Å². The normalized spacial score (nSPS) is 13.7. The van der Waals surface area contributed by atoms with Crippen molar-refractivity contribution in [1.82, 2.24) is 0 Å². The Morgan fingerprint density at radius 2 is 0.850 bits per heavy atom. The van der Waals surface area contributed by atoms with Gasteiger partial charge in [0, 0.05) is 31.3 Å². The molecule has 0 fully saturated rings. The number of hydrogen-bond donors (Lipinski definition) is 0. The van der Waals surface area contributed by atoms with E-state index in [0.29, 0.717) is 32.7 Å². The van der Waals surface area contributed by atoms with E-state index in [2.05, 4.69) is 6.92 Å². The van der Waals surface area contributed by atoms with E-state index in [-0.39, 0.29) is 5.92 Å². The minimum atomic E-state index is -2.11. The molecule has 8 heteroatoms. The standard InChI is InChI=1S/C32H53F5O3/c1-6-10-11-12-16-19-22-25(32(38-7-2,39-8-3)40-9-4)23-20-17-14-13-15-18-21-24(5)26-27(33)29(35)31(37)30(36)28(26)34/h24-25H,6-23H2,1-5H3. The molecular weight excluding hydrogens is 527 g/mol. The molecule has 1 aromatic carbocycles. The van der Waals surface area contributed by atoms with E-state index in [1.807, 2.05) is 20.8 Å². The fraction of sp³-hybridized carbons (Fsp3) is 0.812. The maximum absolute atomic E-state index is 14.1. The molecule has 0 aliphatic carbocycles. The lowest BCUT2D eigenvalue weighted by Crippen LogP contribution is -2.46. The minimum Gasteiger partial charge on any atom is -0.328 e. The van der Waals surface area contributed by atoms with Crippen LogP contribution in [0.15, 0.2) is 0 Å². The first kappa shape index (κ1) is 36.8. The van der Waals surface area contributed by atoms with E-state index in [0.717, 1.165) is 51.4 Å². The molecule has 0 amide bonds. The van der Waals surface area contributed by atoms with E-state index in [4.69, 9.17) is 14.2 Å². The van der Waals surface area contributed by atoms with Crippen LogP contribution in [0.2, 0.25) is 0 Å². The molecule has 0 radical (unpaired) electrons. The summed E-state index contributed by atoms with van der Waals surface area (Å²) < 4.78 is 86.8. The SMILES string of the molecule is CCCCCCCCC(CCCCCCCCC(C)c1c(F)c(F)c(F)c(F)c1F)C(OCC)(OCC)OCC. The van der Waals surface area contributed by atoms with Crippen LogP contribution in [-0.2, 0) is 14.2 Å². The molecule has 3 nitrogen and oxygen atoms in total. The van der Waals surface area contributed by atoms with Crippen molar-refractivity contribution < 1.29 is 36.2 Å². The van der Waals surface area contributed by atoms with Gasteiger partial charge in [0.1, 0.15) is 0 Å². The molecule has 0 heterocycles. The van der Waals surface area contributed by atoms with E-state index in [9.17, 15) is 22.0 Å². The van der Waals surface area contributed by atoms with Crippen LogP contribution >= 0.6 is 0 Å². The third-order valence-electron chi connectivity index (χ3n) is 7.62. The Hall–Kier alpha value is -1.25. The first-order valence-electron chi connectivity index (χ1n) is 15.6. The summed E-state index contributed by atoms with van der Waals surface area (Å²) in [6.45, 7) is 11.1. The summed E-state index contributed by atoms with van der Waals surface area (Å²) in [5, 5.41) is 0. The molecule has 40 heavy (non-hydrogen) atoms. The van der Waals surface area contributed by atoms with Gasteiger partial charge in [0.05, 0.1) is 0 Å². The molecule has 0 aromatic heterocycles. The molecule has 0 spiro atoms. The van der Waals surface area contributed by atoms with Gasteiger partial charge in [-0.25, -0.2) is 22.0 Å². The zero-order valence-corrected chi connectivity index (χ0v) is 25.5. The fourth-order valence-electron chi connectivity index (χ4n) is 5.50. The number of halogens is 5. The van der Waals surface area contributed by atoms with Crippen molar-refractivity contribution in [1.29, 1.82) is 0 Å². The van der Waals surface area contributed by atoms with Gasteiger partial charge in [-0.1, -0.05) is 90.9 Å². The molecule has 0 saturated heterocycles. The van der Waals surface area contributed by atoms with Gasteiger partial charge in [-0.15, -0.1) is 0 Å². The van der Waals surface area contributed by atoms with Crippen LogP contribution in [0.25, 0.3) is 0 Å². The molecule has 0 bridgehead atoms. The highest BCUT2D eigenvalue weighted by atomic mass is 19.2. The van der Waals surface area contributed by atoms with Gasteiger partial charge >= 0.3 is 0 Å². The van der Waals surface area contributed by atoms with Gasteiger partial charge in [-0.3, -0.25) is 0 Å². The topological polar surface area (TPSA) is 27.7 Å². The van der Waals surface area contributed by atoms with Crippen molar-refractivity contribution in [3.63, 3.8) is 0 Å². The quantitative estimate of drug-likeness (QED) is 0.0400. The highest BCUT2D eigenvalue weighted by Gasteiger charge is 2.41. The highest BCUT2D eigenvalue weighted by molar-refractivity contribution is 5.27. The monoisotopic (exact) mass is 580 g/mol. The van der Waals surface area contributed by atoms with Crippen LogP contribution in [0, 0.1) is 35.0 Å². The second-order valence-electron chi connectivity index (χ2n) is 10.7. The molecule has 2 unspecified atom stereocenters. The Morgan fingerprint density at radius 3 is 1.25 bits per heavy atom. The number of unbranched alkanes of at least 4 members (excludes halogenated alkanes) is 10. The average molecular weight is 581 g/mol. The second kappa shape index (κ2) is 20.6. The van der Waals surface area contributed by atoms with Crippen LogP contribution in [-0.4, -0.2) is 25.8 Å². The van der Waals surface area contributed by atoms with Crippen LogP contribution in [0.1, 0.15) is 142 Å². The molecule has 2 atom stereocenters. The number of hydrogen-bond acceptors (Lipinski definition) is 3. The van der Waals surface area contributed by atoms with Crippen LogP contribution < -0.4 is 0 Å². The summed E-state index contributed by atoms with van der Waals surface area (Å²) in [6, 6.07) is 0. The van der Waals surface area contributed by atoms with Crippen molar-refractivity contribution >= 4 is 0 Å². The van der Waals surface area contributed by atoms with E-state index >= 15 is 0 Å². The number of benzene rings is 1. The maximum atomic E-state index is 14.1. The molecule has 0 saturated carbocycles. The fourth-order valence-corrected chi connectivity index (χ4v) is 5.50. The van der Waals surface area contributed by atoms with Crippen LogP contribution in [0.5, 0.6) is 0 Å². The van der Waals surface area contributed by atoms with Crippen molar-refractivity contribution in [2.75, 3.05) is 19.8 Å². The number of ether oxygens (including phenoxy) is 3. The first-order chi connectivity index (χ1) is 19.2. The molecule has 0 aliphatic heterocycles. The van der Waals surface area contributed by atoms with Gasteiger partial charge in [-0.2, -0.15) is 0 Å². The van der Waals surface area contributed by atoms with Crippen molar-refractivity contribution in [3.05, 3.63) is 34.6 Å². The number of rotatable bonds is 24. The Morgan fingerprint density at radius 1 is 0.500 bits per heavy atom. The van der Waals surface area contributed by atoms with Crippen molar-refractivity contribution in [3.8, 4) is 0 Å².